The van der Waals surface area contributed by atoms with Crippen LogP contribution in [0.2, 0.25) is 5.02 Å². The van der Waals surface area contributed by atoms with Gasteiger partial charge >= 0.3 is 0 Å². The second-order valence-corrected chi connectivity index (χ2v) is 7.14. The van der Waals surface area contributed by atoms with Gasteiger partial charge in [-0.25, -0.2) is 9.37 Å². The molecule has 1 aliphatic carbocycles. The molecule has 4 rings (SSSR count). The minimum absolute atomic E-state index is 0.294. The molecule has 0 atom stereocenters. The van der Waals surface area contributed by atoms with Crippen molar-refractivity contribution in [3.05, 3.63) is 59.1 Å². The van der Waals surface area contributed by atoms with Crippen molar-refractivity contribution in [2.75, 3.05) is 0 Å². The molecular formula is C21H20ClFN2. The van der Waals surface area contributed by atoms with Crippen LogP contribution in [-0.2, 0) is 0 Å². The Morgan fingerprint density at radius 2 is 1.92 bits per heavy atom. The van der Waals surface area contributed by atoms with E-state index in [1.54, 1.807) is 6.07 Å². The summed E-state index contributed by atoms with van der Waals surface area (Å²) in [6.45, 7) is 0. The summed E-state index contributed by atoms with van der Waals surface area (Å²) in [7, 11) is 0. The highest BCUT2D eigenvalue weighted by Gasteiger charge is 2.11. The van der Waals surface area contributed by atoms with Gasteiger partial charge in [0, 0.05) is 10.6 Å². The minimum atomic E-state index is -0.294. The van der Waals surface area contributed by atoms with Gasteiger partial charge in [0.15, 0.2) is 0 Å². The number of benzene rings is 2. The number of aromatic nitrogens is 2. The number of hydrogen-bond donors (Lipinski definition) is 1. The average molecular weight is 355 g/mol. The Bertz CT molecular complexity index is 923. The van der Waals surface area contributed by atoms with Gasteiger partial charge in [0.25, 0.3) is 0 Å². The number of hydrogen-bond acceptors (Lipinski definition) is 1. The third-order valence-corrected chi connectivity index (χ3v) is 5.25. The molecule has 2 nitrogen and oxygen atoms in total. The molecule has 0 bridgehead atoms. The van der Waals surface area contributed by atoms with E-state index < -0.39 is 0 Å². The highest BCUT2D eigenvalue weighted by Crippen LogP contribution is 2.31. The van der Waals surface area contributed by atoms with Gasteiger partial charge in [-0.15, -0.1) is 0 Å². The number of halogens is 2. The van der Waals surface area contributed by atoms with Crippen LogP contribution in [0.25, 0.3) is 28.2 Å². The van der Waals surface area contributed by atoms with Crippen molar-refractivity contribution >= 4 is 28.7 Å². The molecule has 0 aliphatic heterocycles. The molecule has 0 spiro atoms. The smallest absolute Gasteiger partial charge is 0.130 e. The van der Waals surface area contributed by atoms with E-state index >= 15 is 0 Å². The van der Waals surface area contributed by atoms with Gasteiger partial charge in [0.05, 0.1) is 11.0 Å². The molecule has 4 heteroatoms. The standard InChI is InChI=1S/C21H20ClFN2/c22-18-9-8-16(23)13-17(18)15-7-10-19-20(12-15)25-21(24-19)11-6-14-4-2-1-3-5-14/h6-14H,1-5H2,(H,24,25). The van der Waals surface area contributed by atoms with E-state index in [0.29, 0.717) is 16.5 Å². The topological polar surface area (TPSA) is 28.7 Å². The van der Waals surface area contributed by atoms with Crippen molar-refractivity contribution in [1.82, 2.24) is 9.97 Å². The summed E-state index contributed by atoms with van der Waals surface area (Å²) >= 11 is 6.22. The second kappa shape index (κ2) is 7.01. The number of rotatable bonds is 3. The van der Waals surface area contributed by atoms with Crippen LogP contribution >= 0.6 is 11.6 Å². The molecule has 1 N–H and O–H groups in total. The maximum absolute atomic E-state index is 13.5. The van der Waals surface area contributed by atoms with Gasteiger partial charge in [0.2, 0.25) is 0 Å². The van der Waals surface area contributed by atoms with Crippen LogP contribution < -0.4 is 0 Å². The largest absolute Gasteiger partial charge is 0.338 e. The minimum Gasteiger partial charge on any atom is -0.338 e. The highest BCUT2D eigenvalue weighted by atomic mass is 35.5. The molecule has 0 radical (unpaired) electrons. The third kappa shape index (κ3) is 3.62. The van der Waals surface area contributed by atoms with Gasteiger partial charge in [-0.1, -0.05) is 43.0 Å². The number of aromatic amines is 1. The summed E-state index contributed by atoms with van der Waals surface area (Å²) in [5.41, 5.74) is 3.39. The molecule has 0 saturated heterocycles. The van der Waals surface area contributed by atoms with E-state index in [2.05, 4.69) is 22.1 Å². The Balaban J connectivity index is 1.63. The summed E-state index contributed by atoms with van der Waals surface area (Å²) in [6.07, 6.45) is 10.9. The van der Waals surface area contributed by atoms with E-state index in [4.69, 9.17) is 11.6 Å². The number of nitrogens with one attached hydrogen (secondary N) is 1. The van der Waals surface area contributed by atoms with Gasteiger partial charge in [-0.2, -0.15) is 0 Å². The van der Waals surface area contributed by atoms with E-state index in [-0.39, 0.29) is 5.82 Å². The molecular weight excluding hydrogens is 335 g/mol. The summed E-state index contributed by atoms with van der Waals surface area (Å²) in [5, 5.41) is 0.536. The molecule has 2 aromatic carbocycles. The second-order valence-electron chi connectivity index (χ2n) is 6.74. The van der Waals surface area contributed by atoms with Crippen molar-refractivity contribution in [2.24, 2.45) is 5.92 Å². The zero-order valence-electron chi connectivity index (χ0n) is 13.9. The summed E-state index contributed by atoms with van der Waals surface area (Å²) in [5.74, 6) is 1.24. The SMILES string of the molecule is Fc1ccc(Cl)c(-c2ccc3[nH]c(C=CC4CCCCC4)nc3c2)c1. The lowest BCUT2D eigenvalue weighted by Crippen LogP contribution is -2.02. The van der Waals surface area contributed by atoms with Crippen molar-refractivity contribution < 1.29 is 4.39 Å². The Labute approximate surface area is 151 Å². The lowest BCUT2D eigenvalue weighted by Gasteiger charge is -2.17. The van der Waals surface area contributed by atoms with Gasteiger partial charge in [-0.05, 0) is 60.7 Å². The first-order valence-electron chi connectivity index (χ1n) is 8.82. The average Bonchev–Trinajstić information content (AvgIpc) is 3.05. The number of H-pyrrole nitrogens is 1. The molecule has 1 saturated carbocycles. The fourth-order valence-electron chi connectivity index (χ4n) is 3.54. The quantitative estimate of drug-likeness (QED) is 0.562. The lowest BCUT2D eigenvalue weighted by molar-refractivity contribution is 0.420. The van der Waals surface area contributed by atoms with E-state index in [0.717, 1.165) is 22.4 Å². The first-order valence-corrected chi connectivity index (χ1v) is 9.20. The molecule has 1 heterocycles. The van der Waals surface area contributed by atoms with Crippen LogP contribution in [0.1, 0.15) is 37.9 Å². The fraction of sp³-hybridized carbons (Fsp3) is 0.286. The van der Waals surface area contributed by atoms with Crippen molar-refractivity contribution in [2.45, 2.75) is 32.1 Å². The predicted molar refractivity (Wildman–Crippen MR) is 102 cm³/mol. The Hall–Kier alpha value is -2.13. The molecule has 0 amide bonds. The number of nitrogens with zero attached hydrogens (tertiary/aromatic N) is 1. The summed E-state index contributed by atoms with van der Waals surface area (Å²) < 4.78 is 13.5. The zero-order chi connectivity index (χ0) is 17.2. The van der Waals surface area contributed by atoms with Crippen molar-refractivity contribution in [3.63, 3.8) is 0 Å². The van der Waals surface area contributed by atoms with E-state index in [9.17, 15) is 4.39 Å². The highest BCUT2D eigenvalue weighted by molar-refractivity contribution is 6.33. The zero-order valence-corrected chi connectivity index (χ0v) is 14.7. The first-order chi connectivity index (χ1) is 12.2. The molecule has 0 unspecified atom stereocenters. The van der Waals surface area contributed by atoms with Crippen LogP contribution in [0.5, 0.6) is 0 Å². The molecule has 25 heavy (non-hydrogen) atoms. The fourth-order valence-corrected chi connectivity index (χ4v) is 3.77. The Morgan fingerprint density at radius 3 is 2.76 bits per heavy atom. The van der Waals surface area contributed by atoms with Crippen LogP contribution in [-0.4, -0.2) is 9.97 Å². The van der Waals surface area contributed by atoms with Crippen molar-refractivity contribution in [1.29, 1.82) is 0 Å². The van der Waals surface area contributed by atoms with Gasteiger partial charge in [0.1, 0.15) is 11.6 Å². The van der Waals surface area contributed by atoms with Gasteiger partial charge < -0.3 is 4.98 Å². The van der Waals surface area contributed by atoms with Crippen LogP contribution in [0.3, 0.4) is 0 Å². The molecule has 128 valence electrons. The normalized spacial score (nSPS) is 16.1. The monoisotopic (exact) mass is 354 g/mol. The van der Waals surface area contributed by atoms with Crippen LogP contribution in [0, 0.1) is 11.7 Å². The van der Waals surface area contributed by atoms with E-state index in [1.165, 1.54) is 44.2 Å². The number of allylic oxidation sites excluding steroid dienone is 1. The number of fused-ring (bicyclic) bond motifs is 1. The first kappa shape index (κ1) is 16.3. The molecule has 1 fully saturated rings. The van der Waals surface area contributed by atoms with Crippen molar-refractivity contribution in [3.8, 4) is 11.1 Å². The Kier molecular flexibility index (Phi) is 4.58. The Morgan fingerprint density at radius 1 is 1.08 bits per heavy atom. The summed E-state index contributed by atoms with van der Waals surface area (Å²) in [4.78, 5) is 7.99. The third-order valence-electron chi connectivity index (χ3n) is 4.92. The molecule has 1 aliphatic rings. The van der Waals surface area contributed by atoms with Crippen LogP contribution in [0.4, 0.5) is 4.39 Å². The maximum Gasteiger partial charge on any atom is 0.130 e. The maximum atomic E-state index is 13.5. The predicted octanol–water partition coefficient (Wildman–Crippen LogP) is 6.62. The van der Waals surface area contributed by atoms with Crippen LogP contribution in [0.15, 0.2) is 42.5 Å². The van der Waals surface area contributed by atoms with E-state index in [1.807, 2.05) is 18.2 Å². The van der Waals surface area contributed by atoms with Gasteiger partial charge in [-0.3, -0.25) is 0 Å². The summed E-state index contributed by atoms with van der Waals surface area (Å²) in [6, 6.07) is 10.3. The molecule has 1 aromatic heterocycles. The lowest BCUT2D eigenvalue weighted by atomic mass is 9.89. The molecule has 3 aromatic rings. The number of imidazole rings is 1.